The van der Waals surface area contributed by atoms with Gasteiger partial charge in [0.05, 0.1) is 19.5 Å². The van der Waals surface area contributed by atoms with Crippen LogP contribution in [-0.2, 0) is 19.1 Å². The standard InChI is InChI=1S/C22H20O5S2/c1-3-25-20(23)22(21(24)26-4-2)19(15-10-7-13-27-15)28-16-11-5-8-14-9-6-12-17(29-22)18(14)16/h5-13,19H,3-4H2,1-2H3. The second-order valence-corrected chi connectivity index (χ2v) is 8.84. The van der Waals surface area contributed by atoms with E-state index in [0.29, 0.717) is 5.76 Å². The molecular formula is C22H20O5S2. The summed E-state index contributed by atoms with van der Waals surface area (Å²) in [7, 11) is 0. The molecule has 0 fully saturated rings. The molecule has 4 rings (SSSR count). The minimum atomic E-state index is -1.64. The highest BCUT2D eigenvalue weighted by atomic mass is 32.2. The van der Waals surface area contributed by atoms with Gasteiger partial charge >= 0.3 is 11.9 Å². The first-order chi connectivity index (χ1) is 14.1. The van der Waals surface area contributed by atoms with Crippen molar-refractivity contribution in [3.8, 4) is 0 Å². The van der Waals surface area contributed by atoms with Gasteiger partial charge in [-0.05, 0) is 43.5 Å². The fourth-order valence-electron chi connectivity index (χ4n) is 3.45. The molecule has 0 aliphatic carbocycles. The molecule has 0 saturated heterocycles. The van der Waals surface area contributed by atoms with E-state index in [2.05, 4.69) is 0 Å². The summed E-state index contributed by atoms with van der Waals surface area (Å²) in [5.41, 5.74) is 0. The number of furan rings is 1. The van der Waals surface area contributed by atoms with Gasteiger partial charge in [0.25, 0.3) is 0 Å². The number of benzene rings is 2. The molecule has 29 heavy (non-hydrogen) atoms. The lowest BCUT2D eigenvalue weighted by atomic mass is 10.0. The smallest absolute Gasteiger partial charge is 0.335 e. The summed E-state index contributed by atoms with van der Waals surface area (Å²) in [6.07, 6.45) is 1.54. The first-order valence-electron chi connectivity index (χ1n) is 9.37. The van der Waals surface area contributed by atoms with Crippen LogP contribution in [0.5, 0.6) is 0 Å². The summed E-state index contributed by atoms with van der Waals surface area (Å²) >= 11 is 2.62. The van der Waals surface area contributed by atoms with Crippen molar-refractivity contribution in [2.24, 2.45) is 0 Å². The maximum atomic E-state index is 13.4. The van der Waals surface area contributed by atoms with Crippen molar-refractivity contribution in [3.05, 3.63) is 60.6 Å². The molecule has 2 heterocycles. The predicted molar refractivity (Wildman–Crippen MR) is 113 cm³/mol. The number of carbonyl (C=O) groups excluding carboxylic acids is 2. The Balaban J connectivity index is 1.99. The van der Waals surface area contributed by atoms with Gasteiger partial charge in [0.2, 0.25) is 4.75 Å². The molecule has 1 unspecified atom stereocenters. The molecule has 0 saturated carbocycles. The van der Waals surface area contributed by atoms with Crippen LogP contribution in [0.15, 0.2) is 69.0 Å². The van der Waals surface area contributed by atoms with E-state index in [1.807, 2.05) is 36.4 Å². The average molecular weight is 429 g/mol. The minimum absolute atomic E-state index is 0.160. The molecule has 1 atom stereocenters. The Labute approximate surface area is 177 Å². The summed E-state index contributed by atoms with van der Waals surface area (Å²) < 4.78 is 14.9. The van der Waals surface area contributed by atoms with Crippen LogP contribution in [0.4, 0.5) is 0 Å². The van der Waals surface area contributed by atoms with Crippen LogP contribution in [0.1, 0.15) is 24.9 Å². The van der Waals surface area contributed by atoms with Crippen molar-refractivity contribution in [1.29, 1.82) is 0 Å². The Hall–Kier alpha value is -2.38. The van der Waals surface area contributed by atoms with E-state index in [4.69, 9.17) is 13.9 Å². The highest BCUT2D eigenvalue weighted by molar-refractivity contribution is 8.06. The van der Waals surface area contributed by atoms with E-state index in [1.54, 1.807) is 32.2 Å². The number of thioether (sulfide) groups is 2. The topological polar surface area (TPSA) is 65.7 Å². The molecule has 1 aliphatic rings. The van der Waals surface area contributed by atoms with E-state index >= 15 is 0 Å². The third kappa shape index (κ3) is 3.32. The van der Waals surface area contributed by atoms with E-state index in [9.17, 15) is 9.59 Å². The molecule has 7 heteroatoms. The fraction of sp³-hybridized carbons (Fsp3) is 0.273. The first-order valence-corrected chi connectivity index (χ1v) is 11.1. The summed E-state index contributed by atoms with van der Waals surface area (Å²) in [5, 5.41) is 1.40. The van der Waals surface area contributed by atoms with Crippen molar-refractivity contribution in [3.63, 3.8) is 0 Å². The Bertz CT molecular complexity index is 1020. The zero-order valence-corrected chi connectivity index (χ0v) is 17.7. The average Bonchev–Trinajstić information content (AvgIpc) is 3.20. The van der Waals surface area contributed by atoms with Crippen LogP contribution in [0.3, 0.4) is 0 Å². The molecule has 1 aliphatic heterocycles. The number of rotatable bonds is 5. The molecule has 0 N–H and O–H groups in total. The second-order valence-electron chi connectivity index (χ2n) is 6.40. The Morgan fingerprint density at radius 1 is 0.966 bits per heavy atom. The monoisotopic (exact) mass is 428 g/mol. The van der Waals surface area contributed by atoms with Gasteiger partial charge < -0.3 is 13.9 Å². The van der Waals surface area contributed by atoms with Gasteiger partial charge in [0.1, 0.15) is 11.0 Å². The van der Waals surface area contributed by atoms with Gasteiger partial charge in [-0.1, -0.05) is 36.0 Å². The van der Waals surface area contributed by atoms with Crippen LogP contribution >= 0.6 is 23.5 Å². The molecule has 5 nitrogen and oxygen atoms in total. The largest absolute Gasteiger partial charge is 0.468 e. The molecule has 0 spiro atoms. The summed E-state index contributed by atoms with van der Waals surface area (Å²) in [6, 6.07) is 15.4. The van der Waals surface area contributed by atoms with Gasteiger partial charge in [0, 0.05) is 15.2 Å². The second kappa shape index (κ2) is 8.16. The molecule has 1 aromatic heterocycles. The van der Waals surface area contributed by atoms with Crippen molar-refractivity contribution in [2.45, 2.75) is 33.6 Å². The van der Waals surface area contributed by atoms with E-state index < -0.39 is 21.9 Å². The lowest BCUT2D eigenvalue weighted by Crippen LogP contribution is -2.49. The maximum absolute atomic E-state index is 13.4. The van der Waals surface area contributed by atoms with Gasteiger partial charge in [-0.25, -0.2) is 9.59 Å². The Morgan fingerprint density at radius 3 is 2.21 bits per heavy atom. The molecule has 150 valence electrons. The molecule has 0 radical (unpaired) electrons. The van der Waals surface area contributed by atoms with Crippen molar-refractivity contribution in [2.75, 3.05) is 13.2 Å². The first kappa shape index (κ1) is 19.9. The third-order valence-corrected chi connectivity index (χ3v) is 7.69. The lowest BCUT2D eigenvalue weighted by Gasteiger charge is -2.32. The summed E-state index contributed by atoms with van der Waals surface area (Å²) in [6.45, 7) is 3.77. The predicted octanol–water partition coefficient (Wildman–Crippen LogP) is 5.24. The summed E-state index contributed by atoms with van der Waals surface area (Å²) in [5.74, 6) is -0.724. The molecule has 0 amide bonds. The van der Waals surface area contributed by atoms with E-state index in [0.717, 1.165) is 20.6 Å². The minimum Gasteiger partial charge on any atom is -0.468 e. The van der Waals surface area contributed by atoms with Crippen molar-refractivity contribution >= 4 is 46.2 Å². The van der Waals surface area contributed by atoms with Crippen molar-refractivity contribution in [1.82, 2.24) is 0 Å². The number of hydrogen-bond donors (Lipinski definition) is 0. The third-order valence-electron chi connectivity index (χ3n) is 4.67. The van der Waals surface area contributed by atoms with Crippen LogP contribution in [0.2, 0.25) is 0 Å². The molecule has 0 bridgehead atoms. The van der Waals surface area contributed by atoms with Crippen LogP contribution in [0, 0.1) is 0 Å². The highest BCUT2D eigenvalue weighted by Crippen LogP contribution is 2.58. The molecule has 2 aromatic carbocycles. The number of esters is 2. The van der Waals surface area contributed by atoms with E-state index in [-0.39, 0.29) is 13.2 Å². The molecular weight excluding hydrogens is 408 g/mol. The Kier molecular flexibility index (Phi) is 5.61. The van der Waals surface area contributed by atoms with Gasteiger partial charge in [-0.3, -0.25) is 0 Å². The van der Waals surface area contributed by atoms with Crippen LogP contribution in [0.25, 0.3) is 10.8 Å². The SMILES string of the molecule is CCOC(=O)C1(C(=O)OCC)Sc2cccc3cccc(c23)SC1c1ccco1. The van der Waals surface area contributed by atoms with Gasteiger partial charge in [-0.15, -0.1) is 11.8 Å². The zero-order valence-electron chi connectivity index (χ0n) is 16.0. The Morgan fingerprint density at radius 2 is 1.62 bits per heavy atom. The zero-order chi connectivity index (χ0) is 20.4. The van der Waals surface area contributed by atoms with Gasteiger partial charge in [-0.2, -0.15) is 0 Å². The van der Waals surface area contributed by atoms with E-state index in [1.165, 1.54) is 23.5 Å². The number of ether oxygens (including phenoxy) is 2. The van der Waals surface area contributed by atoms with Crippen LogP contribution < -0.4 is 0 Å². The molecule has 3 aromatic rings. The fourth-order valence-corrected chi connectivity index (χ4v) is 6.50. The number of carbonyl (C=O) groups is 2. The van der Waals surface area contributed by atoms with Crippen molar-refractivity contribution < 1.29 is 23.5 Å². The lowest BCUT2D eigenvalue weighted by molar-refractivity contribution is -0.158. The number of hydrogen-bond acceptors (Lipinski definition) is 7. The quantitative estimate of drug-likeness (QED) is 0.407. The normalized spacial score (nSPS) is 17.5. The maximum Gasteiger partial charge on any atom is 0.335 e. The van der Waals surface area contributed by atoms with Crippen LogP contribution in [-0.4, -0.2) is 29.9 Å². The highest BCUT2D eigenvalue weighted by Gasteiger charge is 2.59. The van der Waals surface area contributed by atoms with Gasteiger partial charge in [0.15, 0.2) is 0 Å². The summed E-state index contributed by atoms with van der Waals surface area (Å²) in [4.78, 5) is 28.5.